The highest BCUT2D eigenvalue weighted by molar-refractivity contribution is 6.32. The lowest BCUT2D eigenvalue weighted by Gasteiger charge is -2.14. The fourth-order valence-corrected chi connectivity index (χ4v) is 2.55. The molecule has 0 aliphatic heterocycles. The van der Waals surface area contributed by atoms with Crippen LogP contribution in [-0.4, -0.2) is 38.2 Å². The van der Waals surface area contributed by atoms with Crippen LogP contribution in [0.15, 0.2) is 18.2 Å². The normalized spacial score (nSPS) is 10.8. The maximum Gasteiger partial charge on any atom is 0.331 e. The van der Waals surface area contributed by atoms with Crippen LogP contribution in [0, 0.1) is 0 Å². The van der Waals surface area contributed by atoms with Gasteiger partial charge in [-0.3, -0.25) is 4.79 Å². The van der Waals surface area contributed by atoms with E-state index in [2.05, 4.69) is 5.32 Å². The van der Waals surface area contributed by atoms with Crippen LogP contribution >= 0.6 is 11.6 Å². The van der Waals surface area contributed by atoms with E-state index in [-0.39, 0.29) is 18.6 Å². The zero-order chi connectivity index (χ0) is 19.5. The molecule has 1 rings (SSSR count). The van der Waals surface area contributed by atoms with E-state index >= 15 is 0 Å². The van der Waals surface area contributed by atoms with Gasteiger partial charge in [0.25, 0.3) is 5.91 Å². The molecule has 0 aromatic heterocycles. The summed E-state index contributed by atoms with van der Waals surface area (Å²) in [6.07, 6.45) is 4.43. The quantitative estimate of drug-likeness (QED) is 0.493. The van der Waals surface area contributed by atoms with Crippen LogP contribution in [0.2, 0.25) is 5.02 Å². The maximum absolute atomic E-state index is 11.8. The fourth-order valence-electron chi connectivity index (χ4n) is 2.26. The Labute approximate surface area is 159 Å². The van der Waals surface area contributed by atoms with Crippen molar-refractivity contribution in [2.75, 3.05) is 20.3 Å². The highest BCUT2D eigenvalue weighted by Gasteiger charge is 2.12. The molecule has 0 fully saturated rings. The molecule has 0 atom stereocenters. The van der Waals surface area contributed by atoms with Crippen molar-refractivity contribution in [3.8, 4) is 11.5 Å². The number of amides is 1. The number of rotatable bonds is 10. The summed E-state index contributed by atoms with van der Waals surface area (Å²) in [5.74, 6) is -0.00689. The number of carbonyl (C=O) groups is 2. The minimum Gasteiger partial charge on any atom is -0.491 e. The number of ether oxygens (including phenoxy) is 3. The summed E-state index contributed by atoms with van der Waals surface area (Å²) in [7, 11) is 1.50. The van der Waals surface area contributed by atoms with Crippen molar-refractivity contribution in [2.24, 2.45) is 0 Å². The molecule has 1 amide bonds. The zero-order valence-electron chi connectivity index (χ0n) is 15.6. The average Bonchev–Trinajstić information content (AvgIpc) is 2.62. The van der Waals surface area contributed by atoms with Gasteiger partial charge in [0, 0.05) is 12.1 Å². The van der Waals surface area contributed by atoms with Gasteiger partial charge in [-0.05, 0) is 43.5 Å². The van der Waals surface area contributed by atoms with Gasteiger partial charge in [0.15, 0.2) is 18.1 Å². The van der Waals surface area contributed by atoms with Gasteiger partial charge in [-0.1, -0.05) is 25.4 Å². The summed E-state index contributed by atoms with van der Waals surface area (Å²) in [5.41, 5.74) is 0.651. The molecule has 26 heavy (non-hydrogen) atoms. The van der Waals surface area contributed by atoms with Crippen molar-refractivity contribution < 1.29 is 23.8 Å². The van der Waals surface area contributed by atoms with E-state index < -0.39 is 5.97 Å². The molecule has 1 aromatic carbocycles. The molecule has 0 spiro atoms. The molecule has 7 heteroatoms. The lowest BCUT2D eigenvalue weighted by molar-refractivity contribution is -0.144. The van der Waals surface area contributed by atoms with E-state index in [1.165, 1.54) is 19.3 Å². The second-order valence-corrected chi connectivity index (χ2v) is 5.90. The van der Waals surface area contributed by atoms with Gasteiger partial charge < -0.3 is 19.5 Å². The first-order valence-electron chi connectivity index (χ1n) is 8.59. The first kappa shape index (κ1) is 21.8. The van der Waals surface area contributed by atoms with Crippen LogP contribution in [-0.2, 0) is 14.3 Å². The Morgan fingerprint density at radius 1 is 1.23 bits per heavy atom. The molecule has 0 bridgehead atoms. The lowest BCUT2D eigenvalue weighted by atomic mass is 10.2. The Balaban J connectivity index is 2.66. The summed E-state index contributed by atoms with van der Waals surface area (Å²) in [5, 5.41) is 3.17. The third-order valence-corrected chi connectivity index (χ3v) is 3.92. The first-order valence-corrected chi connectivity index (χ1v) is 8.97. The average molecular weight is 384 g/mol. The van der Waals surface area contributed by atoms with E-state index in [4.69, 9.17) is 25.8 Å². The van der Waals surface area contributed by atoms with Crippen LogP contribution in [0.25, 0.3) is 6.08 Å². The number of nitrogens with one attached hydrogen (secondary N) is 1. The van der Waals surface area contributed by atoms with Gasteiger partial charge in [-0.15, -0.1) is 0 Å². The zero-order valence-corrected chi connectivity index (χ0v) is 16.4. The summed E-state index contributed by atoms with van der Waals surface area (Å²) in [4.78, 5) is 23.5. The highest BCUT2D eigenvalue weighted by Crippen LogP contribution is 2.36. The van der Waals surface area contributed by atoms with Crippen molar-refractivity contribution in [1.82, 2.24) is 5.32 Å². The van der Waals surface area contributed by atoms with E-state index in [9.17, 15) is 9.59 Å². The molecule has 1 aromatic rings. The molecule has 0 aliphatic rings. The molecule has 0 unspecified atom stereocenters. The van der Waals surface area contributed by atoms with Crippen LogP contribution in [0.1, 0.15) is 39.2 Å². The standard InChI is InChI=1S/C19H26ClNO5/c1-5-14(6-2)21-17(22)12-26-18(23)9-8-13-10-15(20)19(24-4)16(11-13)25-7-3/h8-11,14H,5-7,12H2,1-4H3,(H,21,22)/b9-8+. The molecule has 0 saturated heterocycles. The first-order chi connectivity index (χ1) is 12.4. The van der Waals surface area contributed by atoms with Crippen LogP contribution in [0.5, 0.6) is 11.5 Å². The SMILES string of the molecule is CCOc1cc(/C=C/C(=O)OCC(=O)NC(CC)CC)cc(Cl)c1OC. The van der Waals surface area contributed by atoms with Crippen molar-refractivity contribution >= 4 is 29.6 Å². The third kappa shape index (κ3) is 6.96. The largest absolute Gasteiger partial charge is 0.491 e. The smallest absolute Gasteiger partial charge is 0.331 e. The van der Waals surface area contributed by atoms with Gasteiger partial charge in [0.1, 0.15) is 0 Å². The van der Waals surface area contributed by atoms with E-state index in [1.807, 2.05) is 20.8 Å². The number of benzene rings is 1. The van der Waals surface area contributed by atoms with Gasteiger partial charge in [-0.25, -0.2) is 4.79 Å². The molecular weight excluding hydrogens is 358 g/mol. The van der Waals surface area contributed by atoms with E-state index in [0.717, 1.165) is 12.8 Å². The van der Waals surface area contributed by atoms with Crippen molar-refractivity contribution in [3.63, 3.8) is 0 Å². The molecule has 0 heterocycles. The maximum atomic E-state index is 11.8. The van der Waals surface area contributed by atoms with E-state index in [0.29, 0.717) is 28.7 Å². The van der Waals surface area contributed by atoms with Crippen molar-refractivity contribution in [2.45, 2.75) is 39.7 Å². The molecule has 0 saturated carbocycles. The number of methoxy groups -OCH3 is 1. The fraction of sp³-hybridized carbons (Fsp3) is 0.474. The van der Waals surface area contributed by atoms with Gasteiger partial charge in [0.05, 0.1) is 18.7 Å². The minimum atomic E-state index is -0.616. The van der Waals surface area contributed by atoms with Gasteiger partial charge in [0.2, 0.25) is 0 Å². The molecular formula is C19H26ClNO5. The molecule has 144 valence electrons. The lowest BCUT2D eigenvalue weighted by Crippen LogP contribution is -2.36. The second kappa shape index (κ2) is 11.4. The van der Waals surface area contributed by atoms with Crippen molar-refractivity contribution in [1.29, 1.82) is 0 Å². The minimum absolute atomic E-state index is 0.0928. The number of hydrogen-bond acceptors (Lipinski definition) is 5. The summed E-state index contributed by atoms with van der Waals surface area (Å²) in [6, 6.07) is 3.44. The van der Waals surface area contributed by atoms with Crippen LogP contribution in [0.4, 0.5) is 0 Å². The summed E-state index contributed by atoms with van der Waals surface area (Å²) >= 11 is 6.16. The number of hydrogen-bond donors (Lipinski definition) is 1. The molecule has 0 radical (unpaired) electrons. The van der Waals surface area contributed by atoms with Gasteiger partial charge >= 0.3 is 5.97 Å². The Bertz CT molecular complexity index is 641. The summed E-state index contributed by atoms with van der Waals surface area (Å²) < 4.78 is 15.6. The van der Waals surface area contributed by atoms with Crippen LogP contribution < -0.4 is 14.8 Å². The van der Waals surface area contributed by atoms with Gasteiger partial charge in [-0.2, -0.15) is 0 Å². The van der Waals surface area contributed by atoms with Crippen LogP contribution in [0.3, 0.4) is 0 Å². The predicted molar refractivity (Wildman–Crippen MR) is 102 cm³/mol. The molecule has 6 nitrogen and oxygen atoms in total. The molecule has 0 aliphatic carbocycles. The number of carbonyl (C=O) groups excluding carboxylic acids is 2. The Morgan fingerprint density at radius 2 is 1.92 bits per heavy atom. The Hall–Kier alpha value is -2.21. The number of esters is 1. The topological polar surface area (TPSA) is 73.9 Å². The Kier molecular flexibility index (Phi) is 9.58. The van der Waals surface area contributed by atoms with E-state index in [1.54, 1.807) is 12.1 Å². The summed E-state index contributed by atoms with van der Waals surface area (Å²) in [6.45, 7) is 5.96. The Morgan fingerprint density at radius 3 is 2.50 bits per heavy atom. The number of halogens is 1. The molecule has 1 N–H and O–H groups in total. The van der Waals surface area contributed by atoms with Crippen molar-refractivity contribution in [3.05, 3.63) is 28.8 Å². The third-order valence-electron chi connectivity index (χ3n) is 3.64. The second-order valence-electron chi connectivity index (χ2n) is 5.49. The monoisotopic (exact) mass is 383 g/mol. The highest BCUT2D eigenvalue weighted by atomic mass is 35.5. The predicted octanol–water partition coefficient (Wildman–Crippen LogP) is 3.61.